The smallest absolute Gasteiger partial charge is 0.123 e. The van der Waals surface area contributed by atoms with E-state index in [-0.39, 0.29) is 11.9 Å². The van der Waals surface area contributed by atoms with Crippen LogP contribution in [0.5, 0.6) is 0 Å². The first kappa shape index (κ1) is 15.1. The molecule has 20 heavy (non-hydrogen) atoms. The standard InChI is InChI=1S/C15H20FN3S/c1-10-4-5-12(16)6-14(10)15(7-17)19(3)8-13-9-20-11(2)18-13/h4-6,9,15H,7-8,17H2,1-3H3. The number of rotatable bonds is 5. The largest absolute Gasteiger partial charge is 0.329 e. The third kappa shape index (κ3) is 3.42. The van der Waals surface area contributed by atoms with Gasteiger partial charge in [0.1, 0.15) is 5.82 Å². The third-order valence-electron chi connectivity index (χ3n) is 3.43. The number of halogens is 1. The number of hydrogen-bond donors (Lipinski definition) is 1. The quantitative estimate of drug-likeness (QED) is 0.921. The molecule has 1 atom stereocenters. The highest BCUT2D eigenvalue weighted by molar-refractivity contribution is 7.09. The summed E-state index contributed by atoms with van der Waals surface area (Å²) in [7, 11) is 2.00. The van der Waals surface area contributed by atoms with Crippen molar-refractivity contribution in [2.45, 2.75) is 26.4 Å². The summed E-state index contributed by atoms with van der Waals surface area (Å²) in [6, 6.07) is 4.85. The Bertz CT molecular complexity index is 582. The molecular weight excluding hydrogens is 273 g/mol. The molecule has 0 aliphatic rings. The first-order valence-electron chi connectivity index (χ1n) is 6.58. The molecule has 0 bridgehead atoms. The van der Waals surface area contributed by atoms with E-state index in [1.165, 1.54) is 6.07 Å². The fourth-order valence-electron chi connectivity index (χ4n) is 2.36. The van der Waals surface area contributed by atoms with E-state index in [0.29, 0.717) is 13.1 Å². The van der Waals surface area contributed by atoms with Crippen LogP contribution in [-0.2, 0) is 6.54 Å². The lowest BCUT2D eigenvalue weighted by atomic mass is 10.00. The van der Waals surface area contributed by atoms with Crippen LogP contribution in [0.2, 0.25) is 0 Å². The van der Waals surface area contributed by atoms with Gasteiger partial charge in [0.05, 0.1) is 10.7 Å². The highest BCUT2D eigenvalue weighted by Gasteiger charge is 2.19. The summed E-state index contributed by atoms with van der Waals surface area (Å²) in [6.07, 6.45) is 0. The molecular formula is C15H20FN3S. The lowest BCUT2D eigenvalue weighted by molar-refractivity contribution is 0.238. The minimum Gasteiger partial charge on any atom is -0.329 e. The van der Waals surface area contributed by atoms with E-state index in [1.807, 2.05) is 20.9 Å². The molecule has 1 unspecified atom stereocenters. The van der Waals surface area contributed by atoms with Crippen LogP contribution >= 0.6 is 11.3 Å². The van der Waals surface area contributed by atoms with Gasteiger partial charge in [-0.1, -0.05) is 6.07 Å². The molecule has 0 saturated heterocycles. The number of aryl methyl sites for hydroxylation is 2. The van der Waals surface area contributed by atoms with Gasteiger partial charge in [-0.25, -0.2) is 9.37 Å². The van der Waals surface area contributed by atoms with E-state index in [2.05, 4.69) is 15.3 Å². The minimum atomic E-state index is -0.220. The van der Waals surface area contributed by atoms with Crippen molar-refractivity contribution in [1.29, 1.82) is 0 Å². The Hall–Kier alpha value is -1.30. The number of likely N-dealkylation sites (N-methyl/N-ethyl adjacent to an activating group) is 1. The number of aromatic nitrogens is 1. The predicted octanol–water partition coefficient (Wildman–Crippen LogP) is 3.03. The van der Waals surface area contributed by atoms with Crippen molar-refractivity contribution in [3.05, 3.63) is 51.2 Å². The molecule has 2 aromatic rings. The minimum absolute atomic E-state index is 0.00675. The molecule has 0 fully saturated rings. The molecule has 1 aromatic carbocycles. The Morgan fingerprint density at radius 1 is 1.40 bits per heavy atom. The molecule has 2 N–H and O–H groups in total. The number of nitrogens with zero attached hydrogens (tertiary/aromatic N) is 2. The van der Waals surface area contributed by atoms with Crippen LogP contribution in [0.1, 0.15) is 27.9 Å². The Morgan fingerprint density at radius 3 is 2.75 bits per heavy atom. The summed E-state index contributed by atoms with van der Waals surface area (Å²) in [5.74, 6) is -0.220. The van der Waals surface area contributed by atoms with Crippen LogP contribution in [0.15, 0.2) is 23.6 Å². The van der Waals surface area contributed by atoms with Crippen LogP contribution in [0, 0.1) is 19.7 Å². The molecule has 2 rings (SSSR count). The van der Waals surface area contributed by atoms with Gasteiger partial charge in [-0.2, -0.15) is 0 Å². The molecule has 3 nitrogen and oxygen atoms in total. The van der Waals surface area contributed by atoms with Crippen molar-refractivity contribution in [2.75, 3.05) is 13.6 Å². The summed E-state index contributed by atoms with van der Waals surface area (Å²) in [6.45, 7) is 5.13. The summed E-state index contributed by atoms with van der Waals surface area (Å²) in [4.78, 5) is 6.58. The lowest BCUT2D eigenvalue weighted by Crippen LogP contribution is -2.31. The summed E-state index contributed by atoms with van der Waals surface area (Å²) in [5, 5.41) is 3.11. The van der Waals surface area contributed by atoms with Gasteiger partial charge in [0.2, 0.25) is 0 Å². The van der Waals surface area contributed by atoms with E-state index in [1.54, 1.807) is 23.5 Å². The maximum absolute atomic E-state index is 13.5. The second-order valence-corrected chi connectivity index (χ2v) is 6.09. The van der Waals surface area contributed by atoms with Crippen molar-refractivity contribution in [3.63, 3.8) is 0 Å². The van der Waals surface area contributed by atoms with Gasteiger partial charge in [0.15, 0.2) is 0 Å². The molecule has 5 heteroatoms. The van der Waals surface area contributed by atoms with Gasteiger partial charge in [0, 0.05) is 24.5 Å². The molecule has 108 valence electrons. The zero-order valence-corrected chi connectivity index (χ0v) is 12.9. The van der Waals surface area contributed by atoms with Crippen LogP contribution in [-0.4, -0.2) is 23.5 Å². The number of thiazole rings is 1. The molecule has 0 aliphatic heterocycles. The van der Waals surface area contributed by atoms with Crippen molar-refractivity contribution in [1.82, 2.24) is 9.88 Å². The fourth-order valence-corrected chi connectivity index (χ4v) is 2.97. The normalized spacial score (nSPS) is 12.9. The molecule has 1 aromatic heterocycles. The topological polar surface area (TPSA) is 42.2 Å². The molecule has 1 heterocycles. The summed E-state index contributed by atoms with van der Waals surface area (Å²) in [5.41, 5.74) is 8.94. The second-order valence-electron chi connectivity index (χ2n) is 5.03. The highest BCUT2D eigenvalue weighted by atomic mass is 32.1. The number of nitrogens with two attached hydrogens (primary N) is 1. The Labute approximate surface area is 123 Å². The third-order valence-corrected chi connectivity index (χ3v) is 4.26. The zero-order valence-electron chi connectivity index (χ0n) is 12.1. The van der Waals surface area contributed by atoms with Gasteiger partial charge in [-0.15, -0.1) is 11.3 Å². The van der Waals surface area contributed by atoms with E-state index in [0.717, 1.165) is 21.8 Å². The molecule has 0 amide bonds. The van der Waals surface area contributed by atoms with Crippen LogP contribution in [0.4, 0.5) is 4.39 Å². The SMILES string of the molecule is Cc1nc(CN(C)C(CN)c2cc(F)ccc2C)cs1. The average molecular weight is 293 g/mol. The molecule has 0 aliphatic carbocycles. The maximum Gasteiger partial charge on any atom is 0.123 e. The van der Waals surface area contributed by atoms with Gasteiger partial charge in [-0.3, -0.25) is 4.90 Å². The monoisotopic (exact) mass is 293 g/mol. The average Bonchev–Trinajstić information content (AvgIpc) is 2.80. The van der Waals surface area contributed by atoms with Crippen molar-refractivity contribution in [2.24, 2.45) is 5.73 Å². The Balaban J connectivity index is 2.20. The number of benzene rings is 1. The maximum atomic E-state index is 13.5. The Kier molecular flexibility index (Phi) is 4.86. The second kappa shape index (κ2) is 6.43. The Morgan fingerprint density at radius 2 is 2.15 bits per heavy atom. The van der Waals surface area contributed by atoms with Gasteiger partial charge < -0.3 is 5.73 Å². The van der Waals surface area contributed by atoms with Crippen LogP contribution < -0.4 is 5.73 Å². The van der Waals surface area contributed by atoms with Gasteiger partial charge in [-0.05, 0) is 44.2 Å². The highest BCUT2D eigenvalue weighted by Crippen LogP contribution is 2.24. The van der Waals surface area contributed by atoms with Crippen molar-refractivity contribution < 1.29 is 4.39 Å². The van der Waals surface area contributed by atoms with Crippen LogP contribution in [0.25, 0.3) is 0 Å². The van der Waals surface area contributed by atoms with Gasteiger partial charge >= 0.3 is 0 Å². The number of hydrogen-bond acceptors (Lipinski definition) is 4. The fraction of sp³-hybridized carbons (Fsp3) is 0.400. The van der Waals surface area contributed by atoms with E-state index < -0.39 is 0 Å². The first-order chi connectivity index (χ1) is 9.51. The van der Waals surface area contributed by atoms with Crippen molar-refractivity contribution in [3.8, 4) is 0 Å². The molecule has 0 saturated carbocycles. The van der Waals surface area contributed by atoms with E-state index in [9.17, 15) is 4.39 Å². The predicted molar refractivity (Wildman–Crippen MR) is 81.3 cm³/mol. The van der Waals surface area contributed by atoms with Gasteiger partial charge in [0.25, 0.3) is 0 Å². The summed E-state index contributed by atoms with van der Waals surface area (Å²) >= 11 is 1.64. The lowest BCUT2D eigenvalue weighted by Gasteiger charge is -2.28. The summed E-state index contributed by atoms with van der Waals surface area (Å²) < 4.78 is 13.5. The van der Waals surface area contributed by atoms with E-state index in [4.69, 9.17) is 5.73 Å². The zero-order chi connectivity index (χ0) is 14.7. The van der Waals surface area contributed by atoms with E-state index >= 15 is 0 Å². The van der Waals surface area contributed by atoms with Crippen LogP contribution in [0.3, 0.4) is 0 Å². The first-order valence-corrected chi connectivity index (χ1v) is 7.46. The molecule has 0 spiro atoms. The molecule has 0 radical (unpaired) electrons. The van der Waals surface area contributed by atoms with Crippen molar-refractivity contribution >= 4 is 11.3 Å².